The molecule has 0 heterocycles. The van der Waals surface area contributed by atoms with E-state index in [-0.39, 0.29) is 29.3 Å². The molecule has 7 unspecified atom stereocenters. The lowest BCUT2D eigenvalue weighted by molar-refractivity contribution is -0.166. The Bertz CT molecular complexity index is 647. The van der Waals surface area contributed by atoms with Crippen LogP contribution in [0.2, 0.25) is 0 Å². The molecule has 0 bridgehead atoms. The highest BCUT2D eigenvalue weighted by atomic mass is 16.5. The maximum absolute atomic E-state index is 12.8. The van der Waals surface area contributed by atoms with E-state index in [0.717, 1.165) is 38.5 Å². The number of hydrogen-bond acceptors (Lipinski definition) is 5. The van der Waals surface area contributed by atoms with E-state index in [1.807, 2.05) is 0 Å². The summed E-state index contributed by atoms with van der Waals surface area (Å²) in [6.45, 7) is 5.57. The second kappa shape index (κ2) is 7.09. The van der Waals surface area contributed by atoms with Crippen molar-refractivity contribution in [2.75, 3.05) is 6.61 Å². The zero-order valence-corrected chi connectivity index (χ0v) is 17.5. The summed E-state index contributed by atoms with van der Waals surface area (Å²) in [7, 11) is 0. The van der Waals surface area contributed by atoms with Crippen LogP contribution in [0, 0.1) is 40.4 Å². The molecule has 0 aromatic rings. The molecule has 5 heteroatoms. The maximum atomic E-state index is 12.8. The van der Waals surface area contributed by atoms with Crippen LogP contribution >= 0.6 is 0 Å². The van der Waals surface area contributed by atoms with Gasteiger partial charge in [-0.1, -0.05) is 20.3 Å². The first-order chi connectivity index (χ1) is 13.2. The van der Waals surface area contributed by atoms with Crippen LogP contribution in [0.15, 0.2) is 0 Å². The topological polar surface area (TPSA) is 83.8 Å². The Kier molecular flexibility index (Phi) is 5.15. The summed E-state index contributed by atoms with van der Waals surface area (Å²) in [5.74, 6) is 0.823. The van der Waals surface area contributed by atoms with Gasteiger partial charge in [0.05, 0.1) is 18.1 Å². The highest BCUT2D eigenvalue weighted by Crippen LogP contribution is 2.67. The van der Waals surface area contributed by atoms with Crippen molar-refractivity contribution in [2.45, 2.75) is 84.3 Å². The van der Waals surface area contributed by atoms with Gasteiger partial charge in [0.25, 0.3) is 0 Å². The third-order valence-corrected chi connectivity index (χ3v) is 9.51. The molecule has 4 rings (SSSR count). The predicted molar refractivity (Wildman–Crippen MR) is 104 cm³/mol. The largest absolute Gasteiger partial charge is 0.458 e. The Morgan fingerprint density at radius 2 is 1.79 bits per heavy atom. The summed E-state index contributed by atoms with van der Waals surface area (Å²) in [4.78, 5) is 24.0. The minimum absolute atomic E-state index is 0.0206. The van der Waals surface area contributed by atoms with Crippen LogP contribution in [0.5, 0.6) is 0 Å². The molecule has 4 fully saturated rings. The van der Waals surface area contributed by atoms with Gasteiger partial charge in [0, 0.05) is 6.92 Å². The fraction of sp³-hybridized carbons (Fsp3) is 0.913. The molecule has 5 nitrogen and oxygen atoms in total. The molecule has 4 aliphatic carbocycles. The van der Waals surface area contributed by atoms with Crippen molar-refractivity contribution in [1.82, 2.24) is 0 Å². The minimum atomic E-state index is -0.654. The molecule has 28 heavy (non-hydrogen) atoms. The van der Waals surface area contributed by atoms with Crippen LogP contribution in [0.25, 0.3) is 0 Å². The number of aliphatic hydroxyl groups excluding tert-OH is 2. The van der Waals surface area contributed by atoms with Crippen LogP contribution in [0.1, 0.15) is 72.1 Å². The number of carbonyl (C=O) groups excluding carboxylic acids is 2. The molecule has 0 aliphatic heterocycles. The van der Waals surface area contributed by atoms with Crippen molar-refractivity contribution in [3.8, 4) is 0 Å². The average molecular weight is 393 g/mol. The predicted octanol–water partition coefficient (Wildman–Crippen LogP) is 3.11. The van der Waals surface area contributed by atoms with Crippen LogP contribution in [0.4, 0.5) is 0 Å². The average Bonchev–Trinajstić information content (AvgIpc) is 2.91. The SMILES string of the molecule is CC(=O)OCC(=O)C1[C@H](O)CC2C3CC[C@H]4CCCC(O)C4(C)C3CCC21C. The third kappa shape index (κ3) is 2.87. The lowest BCUT2D eigenvalue weighted by Crippen LogP contribution is -2.57. The van der Waals surface area contributed by atoms with Crippen molar-refractivity contribution in [2.24, 2.45) is 40.4 Å². The molecule has 2 N–H and O–H groups in total. The van der Waals surface area contributed by atoms with Crippen molar-refractivity contribution >= 4 is 11.8 Å². The van der Waals surface area contributed by atoms with E-state index in [9.17, 15) is 19.8 Å². The number of esters is 1. The molecule has 158 valence electrons. The molecule has 0 saturated heterocycles. The van der Waals surface area contributed by atoms with Crippen LogP contribution in [0.3, 0.4) is 0 Å². The van der Waals surface area contributed by atoms with Crippen LogP contribution in [-0.4, -0.2) is 40.8 Å². The second-order valence-electron chi connectivity index (χ2n) is 10.5. The Balaban J connectivity index is 1.59. The summed E-state index contributed by atoms with van der Waals surface area (Å²) in [5, 5.41) is 21.8. The summed E-state index contributed by atoms with van der Waals surface area (Å²) in [6.07, 6.45) is 7.27. The molecule has 0 aromatic carbocycles. The number of ketones is 1. The Labute approximate surface area is 168 Å². The number of hydrogen-bond donors (Lipinski definition) is 2. The molecule has 0 aromatic heterocycles. The van der Waals surface area contributed by atoms with Gasteiger partial charge in [-0.2, -0.15) is 0 Å². The van der Waals surface area contributed by atoms with E-state index < -0.39 is 18.0 Å². The van der Waals surface area contributed by atoms with Gasteiger partial charge in [0.15, 0.2) is 5.78 Å². The van der Waals surface area contributed by atoms with E-state index in [1.165, 1.54) is 13.3 Å². The molecular weight excluding hydrogens is 356 g/mol. The fourth-order valence-corrected chi connectivity index (χ4v) is 8.17. The van der Waals surface area contributed by atoms with Crippen molar-refractivity contribution < 1.29 is 24.5 Å². The van der Waals surface area contributed by atoms with E-state index in [1.54, 1.807) is 0 Å². The van der Waals surface area contributed by atoms with Crippen LogP contribution < -0.4 is 0 Å². The Morgan fingerprint density at radius 3 is 2.50 bits per heavy atom. The summed E-state index contributed by atoms with van der Waals surface area (Å²) in [5.41, 5.74) is -0.256. The molecule has 0 radical (unpaired) electrons. The number of aliphatic hydroxyl groups is 2. The Morgan fingerprint density at radius 1 is 1.04 bits per heavy atom. The van der Waals surface area contributed by atoms with Gasteiger partial charge in [-0.05, 0) is 79.4 Å². The van der Waals surface area contributed by atoms with Gasteiger partial charge in [0.1, 0.15) is 6.61 Å². The third-order valence-electron chi connectivity index (χ3n) is 9.51. The number of ether oxygens (including phenoxy) is 1. The van der Waals surface area contributed by atoms with E-state index >= 15 is 0 Å². The first-order valence-corrected chi connectivity index (χ1v) is 11.2. The summed E-state index contributed by atoms with van der Waals surface area (Å²) >= 11 is 0. The van der Waals surface area contributed by atoms with Gasteiger partial charge in [0.2, 0.25) is 0 Å². The lowest BCUT2D eigenvalue weighted by Gasteiger charge is -2.61. The molecule has 0 amide bonds. The number of Topliss-reactive ketones (excluding diaryl/α,β-unsaturated/α-hetero) is 1. The number of rotatable bonds is 3. The van der Waals surface area contributed by atoms with E-state index in [0.29, 0.717) is 30.1 Å². The molecule has 9 atom stereocenters. The van der Waals surface area contributed by atoms with Gasteiger partial charge in [-0.15, -0.1) is 0 Å². The maximum Gasteiger partial charge on any atom is 0.303 e. The molecular formula is C23H36O5. The van der Waals surface area contributed by atoms with Crippen molar-refractivity contribution in [1.29, 1.82) is 0 Å². The van der Waals surface area contributed by atoms with E-state index in [4.69, 9.17) is 4.74 Å². The van der Waals surface area contributed by atoms with E-state index in [2.05, 4.69) is 13.8 Å². The smallest absolute Gasteiger partial charge is 0.303 e. The normalized spacial score (nSPS) is 50.2. The second-order valence-corrected chi connectivity index (χ2v) is 10.5. The molecule has 4 aliphatic rings. The van der Waals surface area contributed by atoms with Gasteiger partial charge in [-0.25, -0.2) is 0 Å². The van der Waals surface area contributed by atoms with Crippen molar-refractivity contribution in [3.63, 3.8) is 0 Å². The zero-order valence-electron chi connectivity index (χ0n) is 17.5. The number of fused-ring (bicyclic) bond motifs is 5. The molecule has 4 saturated carbocycles. The highest BCUT2D eigenvalue weighted by molar-refractivity contribution is 5.85. The minimum Gasteiger partial charge on any atom is -0.458 e. The summed E-state index contributed by atoms with van der Waals surface area (Å²) in [6, 6.07) is 0. The standard InChI is InChI=1S/C23H36O5/c1-13(24)28-12-19(26)21-18(25)11-17-15-8-7-14-5-4-6-20(27)23(14,3)16(15)9-10-22(17,21)2/h14-18,20-21,25,27H,4-12H2,1-3H3/t14-,15?,16?,17?,18-,20?,21?,22?,23?/m1/s1. The number of carbonyl (C=O) groups is 2. The summed E-state index contributed by atoms with van der Waals surface area (Å²) < 4.78 is 4.96. The lowest BCUT2D eigenvalue weighted by atomic mass is 9.44. The van der Waals surface area contributed by atoms with Crippen LogP contribution in [-0.2, 0) is 14.3 Å². The fourth-order valence-electron chi connectivity index (χ4n) is 8.17. The Hall–Kier alpha value is -0.940. The van der Waals surface area contributed by atoms with Gasteiger partial charge in [-0.3, -0.25) is 9.59 Å². The van der Waals surface area contributed by atoms with Gasteiger partial charge >= 0.3 is 5.97 Å². The monoisotopic (exact) mass is 392 g/mol. The highest BCUT2D eigenvalue weighted by Gasteiger charge is 2.64. The quantitative estimate of drug-likeness (QED) is 0.721. The van der Waals surface area contributed by atoms with Gasteiger partial charge < -0.3 is 14.9 Å². The first kappa shape index (κ1) is 20.3. The zero-order chi connectivity index (χ0) is 20.3. The van der Waals surface area contributed by atoms with Crippen molar-refractivity contribution in [3.05, 3.63) is 0 Å². The first-order valence-electron chi connectivity index (χ1n) is 11.2. The molecule has 0 spiro atoms.